The first-order valence-electron chi connectivity index (χ1n) is 14.2. The van der Waals surface area contributed by atoms with Gasteiger partial charge >= 0.3 is 24.1 Å². The second-order valence-electron chi connectivity index (χ2n) is 10.3. The molecule has 3 amide bonds. The fraction of sp³-hybridized carbons (Fsp3) is 0.419. The lowest BCUT2D eigenvalue weighted by atomic mass is 9.98. The van der Waals surface area contributed by atoms with E-state index in [9.17, 15) is 24.3 Å². The second-order valence-corrected chi connectivity index (χ2v) is 10.3. The molecule has 4 rings (SSSR count). The van der Waals surface area contributed by atoms with Gasteiger partial charge in [0.2, 0.25) is 0 Å². The van der Waals surface area contributed by atoms with Crippen LogP contribution in [-0.2, 0) is 19.1 Å². The average Bonchev–Trinajstić information content (AvgIpc) is 3.32. The van der Waals surface area contributed by atoms with E-state index in [2.05, 4.69) is 17.2 Å². The van der Waals surface area contributed by atoms with Crippen LogP contribution < -0.4 is 10.6 Å². The molecule has 11 nitrogen and oxygen atoms in total. The number of urea groups is 1. The summed E-state index contributed by atoms with van der Waals surface area (Å²) in [5, 5.41) is 14.9. The number of amides is 3. The van der Waals surface area contributed by atoms with E-state index in [1.54, 1.807) is 4.90 Å². The molecule has 1 atom stereocenters. The number of rotatable bonds is 13. The van der Waals surface area contributed by atoms with Crippen molar-refractivity contribution in [1.29, 1.82) is 0 Å². The molecule has 0 aromatic heterocycles. The molecule has 42 heavy (non-hydrogen) atoms. The molecule has 11 heteroatoms. The summed E-state index contributed by atoms with van der Waals surface area (Å²) in [5.74, 6) is -1.57. The van der Waals surface area contributed by atoms with E-state index in [4.69, 9.17) is 9.47 Å². The highest BCUT2D eigenvalue weighted by Crippen LogP contribution is 2.44. The highest BCUT2D eigenvalue weighted by molar-refractivity contribution is 5.81. The van der Waals surface area contributed by atoms with Crippen LogP contribution in [0.4, 0.5) is 9.59 Å². The number of carboxylic acid groups (broad SMARTS) is 1. The van der Waals surface area contributed by atoms with Crippen LogP contribution in [0.25, 0.3) is 11.1 Å². The molecule has 1 aliphatic carbocycles. The first-order chi connectivity index (χ1) is 20.4. The Labute approximate surface area is 245 Å². The Balaban J connectivity index is 1.13. The SMILES string of the molecule is C=CCOC(=O)CN1CCN(C(=O)NCCCC[C@@H](NC(=O)OCC2c3ccccc3-c3ccccc32)C(=O)O)CC1. The molecule has 0 bridgehead atoms. The minimum atomic E-state index is -1.14. The summed E-state index contributed by atoms with van der Waals surface area (Å²) < 4.78 is 10.5. The number of unbranched alkanes of at least 4 members (excludes halogenated alkanes) is 1. The Bertz CT molecular complexity index is 1230. The highest BCUT2D eigenvalue weighted by atomic mass is 16.5. The molecule has 0 unspecified atom stereocenters. The van der Waals surface area contributed by atoms with Gasteiger partial charge in [-0.2, -0.15) is 0 Å². The number of hydrogen-bond acceptors (Lipinski definition) is 7. The molecule has 1 aliphatic heterocycles. The van der Waals surface area contributed by atoms with Crippen LogP contribution in [0.3, 0.4) is 0 Å². The normalized spacial score (nSPS) is 15.2. The summed E-state index contributed by atoms with van der Waals surface area (Å²) in [7, 11) is 0. The van der Waals surface area contributed by atoms with Gasteiger partial charge in [-0.3, -0.25) is 9.69 Å². The molecule has 3 N–H and O–H groups in total. The quantitative estimate of drug-likeness (QED) is 0.187. The average molecular weight is 579 g/mol. The van der Waals surface area contributed by atoms with E-state index >= 15 is 0 Å². The third kappa shape index (κ3) is 8.10. The highest BCUT2D eigenvalue weighted by Gasteiger charge is 2.30. The van der Waals surface area contributed by atoms with Gasteiger partial charge < -0.3 is 30.1 Å². The number of esters is 1. The van der Waals surface area contributed by atoms with Crippen molar-refractivity contribution < 1.29 is 33.8 Å². The predicted molar refractivity (Wildman–Crippen MR) is 156 cm³/mol. The van der Waals surface area contributed by atoms with Gasteiger partial charge in [-0.25, -0.2) is 14.4 Å². The van der Waals surface area contributed by atoms with Crippen molar-refractivity contribution in [1.82, 2.24) is 20.4 Å². The van der Waals surface area contributed by atoms with Gasteiger partial charge in [0.05, 0.1) is 6.54 Å². The zero-order valence-electron chi connectivity index (χ0n) is 23.6. The van der Waals surface area contributed by atoms with Crippen LogP contribution in [0.5, 0.6) is 0 Å². The standard InChI is InChI=1S/C31H38N4O7/c1-2-19-41-28(36)20-34-15-17-35(18-16-34)30(39)32-14-8-7-13-27(29(37)38)33-31(40)42-21-26-24-11-5-3-9-22(24)23-10-4-6-12-25(23)26/h2-6,9-12,26-27H,1,7-8,13-21H2,(H,32,39)(H,33,40)(H,37,38)/t27-/m1/s1. The van der Waals surface area contributed by atoms with E-state index in [1.807, 2.05) is 53.4 Å². The molecular formula is C31H38N4O7. The Hall–Kier alpha value is -4.38. The molecular weight excluding hydrogens is 540 g/mol. The summed E-state index contributed by atoms with van der Waals surface area (Å²) >= 11 is 0. The first-order valence-corrected chi connectivity index (χ1v) is 14.2. The predicted octanol–water partition coefficient (Wildman–Crippen LogP) is 3.21. The number of carboxylic acids is 1. The topological polar surface area (TPSA) is 138 Å². The number of aliphatic carboxylic acids is 1. The maximum absolute atomic E-state index is 12.5. The van der Waals surface area contributed by atoms with Crippen LogP contribution in [0.2, 0.25) is 0 Å². The van der Waals surface area contributed by atoms with Crippen molar-refractivity contribution in [2.75, 3.05) is 52.5 Å². The number of ether oxygens (including phenoxy) is 2. The van der Waals surface area contributed by atoms with Crippen molar-refractivity contribution in [3.05, 3.63) is 72.3 Å². The number of carbonyl (C=O) groups excluding carboxylic acids is 3. The molecule has 2 aliphatic rings. The summed E-state index contributed by atoms with van der Waals surface area (Å²) in [6.07, 6.45) is 1.99. The fourth-order valence-electron chi connectivity index (χ4n) is 5.31. The first kappa shape index (κ1) is 30.6. The summed E-state index contributed by atoms with van der Waals surface area (Å²) in [4.78, 5) is 52.1. The Kier molecular flexibility index (Phi) is 10.9. The molecule has 224 valence electrons. The lowest BCUT2D eigenvalue weighted by molar-refractivity contribution is -0.144. The molecule has 2 aromatic carbocycles. The monoisotopic (exact) mass is 578 g/mol. The Morgan fingerprint density at radius 3 is 2.21 bits per heavy atom. The van der Waals surface area contributed by atoms with E-state index in [1.165, 1.54) is 6.08 Å². The van der Waals surface area contributed by atoms with Gasteiger partial charge in [0, 0.05) is 38.6 Å². The van der Waals surface area contributed by atoms with Gasteiger partial charge in [-0.15, -0.1) is 0 Å². The molecule has 0 saturated carbocycles. The second kappa shape index (κ2) is 15.0. The van der Waals surface area contributed by atoms with Crippen molar-refractivity contribution in [3.63, 3.8) is 0 Å². The summed E-state index contributed by atoms with van der Waals surface area (Å²) in [6.45, 7) is 6.47. The minimum absolute atomic E-state index is 0.103. The minimum Gasteiger partial charge on any atom is -0.480 e. The maximum Gasteiger partial charge on any atom is 0.407 e. The number of alkyl carbamates (subject to hydrolysis) is 1. The zero-order valence-corrected chi connectivity index (χ0v) is 23.6. The van der Waals surface area contributed by atoms with Gasteiger partial charge in [-0.05, 0) is 41.5 Å². The molecule has 2 aromatic rings. The fourth-order valence-corrected chi connectivity index (χ4v) is 5.31. The molecule has 1 saturated heterocycles. The maximum atomic E-state index is 12.5. The van der Waals surface area contributed by atoms with Crippen molar-refractivity contribution in [2.45, 2.75) is 31.2 Å². The number of nitrogens with one attached hydrogen (secondary N) is 2. The van der Waals surface area contributed by atoms with Crippen LogP contribution in [0.15, 0.2) is 61.2 Å². The molecule has 1 fully saturated rings. The van der Waals surface area contributed by atoms with Crippen LogP contribution in [0.1, 0.15) is 36.3 Å². The van der Waals surface area contributed by atoms with Crippen molar-refractivity contribution in [3.8, 4) is 11.1 Å². The Morgan fingerprint density at radius 1 is 0.952 bits per heavy atom. The van der Waals surface area contributed by atoms with Crippen molar-refractivity contribution >= 4 is 24.1 Å². The number of benzene rings is 2. The largest absolute Gasteiger partial charge is 0.480 e. The molecule has 0 radical (unpaired) electrons. The lowest BCUT2D eigenvalue weighted by Crippen LogP contribution is -2.52. The van der Waals surface area contributed by atoms with Crippen LogP contribution >= 0.6 is 0 Å². The third-order valence-corrected chi connectivity index (χ3v) is 7.50. The van der Waals surface area contributed by atoms with Gasteiger partial charge in [0.1, 0.15) is 19.3 Å². The zero-order chi connectivity index (χ0) is 29.9. The van der Waals surface area contributed by atoms with Gasteiger partial charge in [0.15, 0.2) is 0 Å². The van der Waals surface area contributed by atoms with Gasteiger partial charge in [0.25, 0.3) is 0 Å². The van der Waals surface area contributed by atoms with Gasteiger partial charge in [-0.1, -0.05) is 61.2 Å². The number of carbonyl (C=O) groups is 4. The number of piperazine rings is 1. The summed E-state index contributed by atoms with van der Waals surface area (Å²) in [5.41, 5.74) is 4.38. The van der Waals surface area contributed by atoms with E-state index < -0.39 is 18.1 Å². The number of fused-ring (bicyclic) bond motifs is 3. The van der Waals surface area contributed by atoms with E-state index in [-0.39, 0.29) is 44.1 Å². The number of nitrogens with zero attached hydrogens (tertiary/aromatic N) is 2. The molecule has 0 spiro atoms. The smallest absolute Gasteiger partial charge is 0.407 e. The summed E-state index contributed by atoms with van der Waals surface area (Å²) in [6, 6.07) is 14.7. The third-order valence-electron chi connectivity index (χ3n) is 7.50. The van der Waals surface area contributed by atoms with Crippen LogP contribution in [0, 0.1) is 0 Å². The van der Waals surface area contributed by atoms with E-state index in [0.717, 1.165) is 22.3 Å². The Morgan fingerprint density at radius 2 is 1.60 bits per heavy atom. The van der Waals surface area contributed by atoms with Crippen molar-refractivity contribution in [2.24, 2.45) is 0 Å². The number of hydrogen-bond donors (Lipinski definition) is 3. The van der Waals surface area contributed by atoms with E-state index in [0.29, 0.717) is 45.6 Å². The molecule has 1 heterocycles. The van der Waals surface area contributed by atoms with Crippen LogP contribution in [-0.4, -0.2) is 97.5 Å². The lowest BCUT2D eigenvalue weighted by Gasteiger charge is -2.34.